The van der Waals surface area contributed by atoms with E-state index in [0.717, 1.165) is 22.4 Å². The highest BCUT2D eigenvalue weighted by Gasteiger charge is 2.22. The molecule has 150 valence electrons. The van der Waals surface area contributed by atoms with Crippen LogP contribution in [-0.2, 0) is 31.4 Å². The summed E-state index contributed by atoms with van der Waals surface area (Å²) in [5, 5.41) is 0. The lowest BCUT2D eigenvalue weighted by Crippen LogP contribution is -2.42. The molecule has 4 aromatic rings. The topological polar surface area (TPSA) is 109 Å². The molecule has 1 aromatic carbocycles. The molecule has 0 unspecified atom stereocenters. The maximum absolute atomic E-state index is 13.0. The number of fused-ring (bicyclic) bond motifs is 3. The maximum atomic E-state index is 13.0. The van der Waals surface area contributed by atoms with Gasteiger partial charge in [-0.25, -0.2) is 9.36 Å². The fourth-order valence-electron chi connectivity index (χ4n) is 3.76. The second kappa shape index (κ2) is 6.77. The van der Waals surface area contributed by atoms with Crippen LogP contribution in [0.2, 0.25) is 0 Å². The van der Waals surface area contributed by atoms with Crippen LogP contribution in [0.15, 0.2) is 39.9 Å². The van der Waals surface area contributed by atoms with Crippen LogP contribution in [0, 0.1) is 13.8 Å². The number of hydrogen-bond acceptors (Lipinski definition) is 4. The molecular formula is C20H22N6O3. The van der Waals surface area contributed by atoms with Crippen molar-refractivity contribution in [2.24, 2.45) is 12.8 Å². The lowest BCUT2D eigenvalue weighted by Gasteiger charge is -2.07. The Morgan fingerprint density at radius 3 is 2.41 bits per heavy atom. The Labute approximate surface area is 165 Å². The zero-order chi connectivity index (χ0) is 20.9. The minimum Gasteiger partial charge on any atom is -0.368 e. The molecule has 9 nitrogen and oxygen atoms in total. The Kier molecular flexibility index (Phi) is 4.37. The van der Waals surface area contributed by atoms with Gasteiger partial charge in [-0.15, -0.1) is 0 Å². The number of imidazole rings is 2. The van der Waals surface area contributed by atoms with Gasteiger partial charge in [0.15, 0.2) is 11.2 Å². The number of nitrogens with zero attached hydrogens (tertiary/aromatic N) is 5. The van der Waals surface area contributed by atoms with E-state index >= 15 is 0 Å². The molecule has 0 bridgehead atoms. The molecule has 0 spiro atoms. The van der Waals surface area contributed by atoms with Gasteiger partial charge in [0.1, 0.15) is 6.54 Å². The highest BCUT2D eigenvalue weighted by molar-refractivity contribution is 5.77. The Balaban J connectivity index is 1.96. The van der Waals surface area contributed by atoms with Crippen LogP contribution in [-0.4, -0.2) is 29.0 Å². The SMILES string of the molecule is Cc1c(C)n2c3c(=O)n(CC(N)=O)c(=O)n(C)c3nc2n1CCc1ccccc1. The molecule has 3 aromatic heterocycles. The van der Waals surface area contributed by atoms with Crippen molar-refractivity contribution in [3.8, 4) is 0 Å². The van der Waals surface area contributed by atoms with Crippen LogP contribution in [0.4, 0.5) is 0 Å². The van der Waals surface area contributed by atoms with Crippen LogP contribution in [0.3, 0.4) is 0 Å². The maximum Gasteiger partial charge on any atom is 0.332 e. The van der Waals surface area contributed by atoms with Gasteiger partial charge in [-0.05, 0) is 25.8 Å². The average Bonchev–Trinajstić information content (AvgIpc) is 3.19. The van der Waals surface area contributed by atoms with Crippen LogP contribution < -0.4 is 17.0 Å². The molecule has 0 fully saturated rings. The first-order valence-corrected chi connectivity index (χ1v) is 9.31. The van der Waals surface area contributed by atoms with E-state index in [1.807, 2.05) is 36.6 Å². The van der Waals surface area contributed by atoms with Crippen molar-refractivity contribution in [1.82, 2.24) is 23.1 Å². The lowest BCUT2D eigenvalue weighted by atomic mass is 10.1. The highest BCUT2D eigenvalue weighted by atomic mass is 16.2. The summed E-state index contributed by atoms with van der Waals surface area (Å²) in [4.78, 5) is 41.5. The van der Waals surface area contributed by atoms with Crippen LogP contribution in [0.5, 0.6) is 0 Å². The van der Waals surface area contributed by atoms with Gasteiger partial charge in [-0.2, -0.15) is 4.98 Å². The number of carbonyl (C=O) groups excluding carboxylic acids is 1. The van der Waals surface area contributed by atoms with Gasteiger partial charge in [0.05, 0.1) is 0 Å². The standard InChI is InChI=1S/C20H22N6O3/c1-12-13(2)26-16-17(23(3)20(29)25(18(16)28)11-15(21)27)22-19(26)24(12)10-9-14-7-5-4-6-8-14/h4-8H,9-11H2,1-3H3,(H2,21,27). The fourth-order valence-corrected chi connectivity index (χ4v) is 3.76. The molecule has 0 saturated heterocycles. The van der Waals surface area contributed by atoms with Crippen molar-refractivity contribution in [2.45, 2.75) is 33.4 Å². The summed E-state index contributed by atoms with van der Waals surface area (Å²) in [6.07, 6.45) is 0.805. The number of carbonyl (C=O) groups is 1. The van der Waals surface area contributed by atoms with Crippen molar-refractivity contribution in [1.29, 1.82) is 0 Å². The third kappa shape index (κ3) is 2.86. The Hall–Kier alpha value is -3.62. The summed E-state index contributed by atoms with van der Waals surface area (Å²) in [5.74, 6) is -0.160. The van der Waals surface area contributed by atoms with Gasteiger partial charge in [-0.3, -0.25) is 18.6 Å². The predicted octanol–water partition coefficient (Wildman–Crippen LogP) is 0.494. The number of primary amides is 1. The third-order valence-corrected chi connectivity index (χ3v) is 5.41. The molecule has 29 heavy (non-hydrogen) atoms. The normalized spacial score (nSPS) is 11.6. The minimum atomic E-state index is -0.752. The molecule has 0 aliphatic rings. The molecule has 3 heterocycles. The summed E-state index contributed by atoms with van der Waals surface area (Å²) in [6.45, 7) is 4.09. The molecule has 4 rings (SSSR count). The number of nitrogens with two attached hydrogens (primary N) is 1. The van der Waals surface area contributed by atoms with Crippen molar-refractivity contribution < 1.29 is 4.79 Å². The number of benzene rings is 1. The van der Waals surface area contributed by atoms with Crippen LogP contribution in [0.25, 0.3) is 16.9 Å². The van der Waals surface area contributed by atoms with E-state index in [1.165, 1.54) is 17.2 Å². The Morgan fingerprint density at radius 2 is 1.76 bits per heavy atom. The molecule has 0 aliphatic heterocycles. The molecule has 9 heteroatoms. The van der Waals surface area contributed by atoms with E-state index in [9.17, 15) is 14.4 Å². The largest absolute Gasteiger partial charge is 0.368 e. The number of rotatable bonds is 5. The Morgan fingerprint density at radius 1 is 1.07 bits per heavy atom. The average molecular weight is 394 g/mol. The van der Waals surface area contributed by atoms with Crippen molar-refractivity contribution in [2.75, 3.05) is 0 Å². The lowest BCUT2D eigenvalue weighted by molar-refractivity contribution is -0.118. The molecule has 0 saturated carbocycles. The van der Waals surface area contributed by atoms with Crippen molar-refractivity contribution in [3.63, 3.8) is 0 Å². The first-order chi connectivity index (χ1) is 13.8. The first-order valence-electron chi connectivity index (χ1n) is 9.31. The molecule has 0 radical (unpaired) electrons. The third-order valence-electron chi connectivity index (χ3n) is 5.41. The van der Waals surface area contributed by atoms with E-state index in [1.54, 1.807) is 4.40 Å². The zero-order valence-corrected chi connectivity index (χ0v) is 16.5. The van der Waals surface area contributed by atoms with Crippen molar-refractivity contribution >= 4 is 22.8 Å². The second-order valence-corrected chi connectivity index (χ2v) is 7.18. The molecule has 0 aliphatic carbocycles. The van der Waals surface area contributed by atoms with Crippen LogP contribution in [0.1, 0.15) is 17.0 Å². The van der Waals surface area contributed by atoms with E-state index in [2.05, 4.69) is 17.1 Å². The van der Waals surface area contributed by atoms with Gasteiger partial charge < -0.3 is 10.3 Å². The van der Waals surface area contributed by atoms with Crippen molar-refractivity contribution in [3.05, 3.63) is 68.1 Å². The molecule has 1 amide bonds. The number of amides is 1. The summed E-state index contributed by atoms with van der Waals surface area (Å²) in [7, 11) is 1.53. The molecule has 0 atom stereocenters. The van der Waals surface area contributed by atoms with Gasteiger partial charge in [0.2, 0.25) is 11.7 Å². The summed E-state index contributed by atoms with van der Waals surface area (Å²) < 4.78 is 5.94. The Bertz CT molecular complexity index is 1370. The van der Waals surface area contributed by atoms with Gasteiger partial charge >= 0.3 is 5.69 Å². The minimum absolute atomic E-state index is 0.266. The van der Waals surface area contributed by atoms with E-state index in [0.29, 0.717) is 12.3 Å². The van der Waals surface area contributed by atoms with Gasteiger partial charge in [0, 0.05) is 25.0 Å². The molecule has 2 N–H and O–H groups in total. The van der Waals surface area contributed by atoms with E-state index in [-0.39, 0.29) is 11.2 Å². The van der Waals surface area contributed by atoms with E-state index < -0.39 is 23.7 Å². The van der Waals surface area contributed by atoms with Crippen LogP contribution >= 0.6 is 0 Å². The molecular weight excluding hydrogens is 372 g/mol. The smallest absolute Gasteiger partial charge is 0.332 e. The monoisotopic (exact) mass is 394 g/mol. The summed E-state index contributed by atoms with van der Waals surface area (Å²) in [6, 6.07) is 10.1. The summed E-state index contributed by atoms with van der Waals surface area (Å²) in [5.41, 5.74) is 7.63. The number of hydrogen-bond donors (Lipinski definition) is 1. The first kappa shape index (κ1) is 18.7. The quantitative estimate of drug-likeness (QED) is 0.531. The summed E-state index contributed by atoms with van der Waals surface area (Å²) >= 11 is 0. The second-order valence-electron chi connectivity index (χ2n) is 7.18. The van der Waals surface area contributed by atoms with E-state index in [4.69, 9.17) is 5.73 Å². The number of aromatic nitrogens is 5. The fraction of sp³-hybridized carbons (Fsp3) is 0.300. The number of aryl methyl sites for hydroxylation is 4. The highest BCUT2D eigenvalue weighted by Crippen LogP contribution is 2.21. The predicted molar refractivity (Wildman–Crippen MR) is 109 cm³/mol. The van der Waals surface area contributed by atoms with Gasteiger partial charge in [-0.1, -0.05) is 30.3 Å². The van der Waals surface area contributed by atoms with Gasteiger partial charge in [0.25, 0.3) is 5.56 Å². The zero-order valence-electron chi connectivity index (χ0n) is 16.5.